The summed E-state index contributed by atoms with van der Waals surface area (Å²) in [5.41, 5.74) is 3.14. The molecule has 1 unspecified atom stereocenters. The highest BCUT2D eigenvalue weighted by Gasteiger charge is 2.27. The molecule has 0 amide bonds. The topological polar surface area (TPSA) is 91.1 Å². The first-order valence-electron chi connectivity index (χ1n) is 8.03. The summed E-state index contributed by atoms with van der Waals surface area (Å²) in [4.78, 5) is 12.9. The predicted molar refractivity (Wildman–Crippen MR) is 86.8 cm³/mol. The monoisotopic (exact) mass is 333 g/mol. The number of hydrogen-bond acceptors (Lipinski definition) is 8. The number of morpholine rings is 1. The number of tetrazole rings is 1. The Morgan fingerprint density at radius 1 is 1.21 bits per heavy atom. The predicted octanol–water partition coefficient (Wildman–Crippen LogP) is 0.613. The standard InChI is InChI=1S/C15H23N7O2/c1-10-11(2)16-15(17-12(10)3)21-5-8-24-13(9-21)14-18-20-22(19-14)6-7-23-4/h13H,5-9H2,1-4H3. The van der Waals surface area contributed by atoms with Gasteiger partial charge < -0.3 is 14.4 Å². The van der Waals surface area contributed by atoms with E-state index in [9.17, 15) is 0 Å². The van der Waals surface area contributed by atoms with Crippen LogP contribution in [0.3, 0.4) is 0 Å². The van der Waals surface area contributed by atoms with Crippen LogP contribution in [0.5, 0.6) is 0 Å². The zero-order valence-electron chi connectivity index (χ0n) is 14.6. The van der Waals surface area contributed by atoms with Crippen LogP contribution in [-0.2, 0) is 16.0 Å². The third-order valence-corrected chi connectivity index (χ3v) is 4.22. The Kier molecular flexibility index (Phi) is 5.00. The molecule has 2 aromatic heterocycles. The summed E-state index contributed by atoms with van der Waals surface area (Å²) in [5, 5.41) is 12.5. The van der Waals surface area contributed by atoms with E-state index in [0.29, 0.717) is 32.1 Å². The Bertz CT molecular complexity index is 680. The van der Waals surface area contributed by atoms with Crippen molar-refractivity contribution in [3.63, 3.8) is 0 Å². The average Bonchev–Trinajstić information content (AvgIpc) is 3.06. The van der Waals surface area contributed by atoms with Crippen LogP contribution in [0.25, 0.3) is 0 Å². The summed E-state index contributed by atoms with van der Waals surface area (Å²) in [6.45, 7) is 9.10. The summed E-state index contributed by atoms with van der Waals surface area (Å²) >= 11 is 0. The first-order valence-corrected chi connectivity index (χ1v) is 8.03. The molecule has 9 heteroatoms. The van der Waals surface area contributed by atoms with Gasteiger partial charge in [0.05, 0.1) is 26.3 Å². The number of methoxy groups -OCH3 is 1. The number of rotatable bonds is 5. The van der Waals surface area contributed by atoms with Gasteiger partial charge in [0.1, 0.15) is 6.10 Å². The quantitative estimate of drug-likeness (QED) is 0.786. The van der Waals surface area contributed by atoms with E-state index in [1.54, 1.807) is 7.11 Å². The van der Waals surface area contributed by atoms with Crippen molar-refractivity contribution >= 4 is 5.95 Å². The molecule has 0 aliphatic carbocycles. The molecule has 0 bridgehead atoms. The maximum absolute atomic E-state index is 5.81. The van der Waals surface area contributed by atoms with E-state index in [0.717, 1.165) is 29.4 Å². The fourth-order valence-corrected chi connectivity index (χ4v) is 2.54. The van der Waals surface area contributed by atoms with Crippen LogP contribution in [0, 0.1) is 20.8 Å². The minimum Gasteiger partial charge on any atom is -0.383 e. The third-order valence-electron chi connectivity index (χ3n) is 4.22. The third kappa shape index (κ3) is 3.51. The second-order valence-corrected chi connectivity index (χ2v) is 5.86. The number of ether oxygens (including phenoxy) is 2. The van der Waals surface area contributed by atoms with Gasteiger partial charge in [-0.05, 0) is 31.5 Å². The van der Waals surface area contributed by atoms with Gasteiger partial charge in [0, 0.05) is 25.0 Å². The van der Waals surface area contributed by atoms with Crippen LogP contribution in [0.1, 0.15) is 28.9 Å². The summed E-state index contributed by atoms with van der Waals surface area (Å²) < 4.78 is 10.8. The molecule has 3 heterocycles. The van der Waals surface area contributed by atoms with Gasteiger partial charge in [0.2, 0.25) is 11.8 Å². The highest BCUT2D eigenvalue weighted by atomic mass is 16.5. The molecule has 2 aromatic rings. The van der Waals surface area contributed by atoms with Gasteiger partial charge in [0.15, 0.2) is 0 Å². The summed E-state index contributed by atoms with van der Waals surface area (Å²) in [6, 6.07) is 0. The minimum absolute atomic E-state index is 0.236. The number of aromatic nitrogens is 6. The van der Waals surface area contributed by atoms with Gasteiger partial charge in [-0.2, -0.15) is 4.80 Å². The van der Waals surface area contributed by atoms with E-state index in [1.165, 1.54) is 4.80 Å². The Morgan fingerprint density at radius 3 is 2.67 bits per heavy atom. The maximum atomic E-state index is 5.81. The summed E-state index contributed by atoms with van der Waals surface area (Å²) in [7, 11) is 1.64. The largest absolute Gasteiger partial charge is 0.383 e. The lowest BCUT2D eigenvalue weighted by atomic mass is 10.2. The Hall–Kier alpha value is -2.13. The lowest BCUT2D eigenvalue weighted by Gasteiger charge is -2.31. The fourth-order valence-electron chi connectivity index (χ4n) is 2.54. The molecular formula is C15H23N7O2. The smallest absolute Gasteiger partial charge is 0.225 e. The molecule has 0 saturated carbocycles. The molecule has 1 atom stereocenters. The Labute approximate surface area is 141 Å². The van der Waals surface area contributed by atoms with Crippen molar-refractivity contribution < 1.29 is 9.47 Å². The number of anilines is 1. The normalized spacial score (nSPS) is 18.2. The van der Waals surface area contributed by atoms with Crippen molar-refractivity contribution in [2.75, 3.05) is 38.3 Å². The van der Waals surface area contributed by atoms with Crippen molar-refractivity contribution in [2.24, 2.45) is 0 Å². The first kappa shape index (κ1) is 16.7. The molecule has 3 rings (SSSR count). The molecular weight excluding hydrogens is 310 g/mol. The van der Waals surface area contributed by atoms with Crippen LogP contribution < -0.4 is 4.90 Å². The molecule has 130 valence electrons. The molecule has 0 aromatic carbocycles. The van der Waals surface area contributed by atoms with Crippen LogP contribution in [0.15, 0.2) is 0 Å². The van der Waals surface area contributed by atoms with Gasteiger partial charge in [-0.15, -0.1) is 10.2 Å². The van der Waals surface area contributed by atoms with Gasteiger partial charge in [-0.3, -0.25) is 0 Å². The number of nitrogens with zero attached hydrogens (tertiary/aromatic N) is 7. The van der Waals surface area contributed by atoms with Crippen molar-refractivity contribution in [1.82, 2.24) is 30.2 Å². The van der Waals surface area contributed by atoms with Gasteiger partial charge in [-0.1, -0.05) is 0 Å². The van der Waals surface area contributed by atoms with E-state index in [1.807, 2.05) is 20.8 Å². The highest BCUT2D eigenvalue weighted by Crippen LogP contribution is 2.23. The van der Waals surface area contributed by atoms with Crippen LogP contribution in [0.4, 0.5) is 5.95 Å². The van der Waals surface area contributed by atoms with Crippen LogP contribution in [-0.4, -0.2) is 63.6 Å². The van der Waals surface area contributed by atoms with Crippen LogP contribution >= 0.6 is 0 Å². The van der Waals surface area contributed by atoms with Crippen molar-refractivity contribution in [3.8, 4) is 0 Å². The average molecular weight is 333 g/mol. The number of aryl methyl sites for hydroxylation is 2. The highest BCUT2D eigenvalue weighted by molar-refractivity contribution is 5.36. The molecule has 1 aliphatic heterocycles. The van der Waals surface area contributed by atoms with E-state index in [4.69, 9.17) is 9.47 Å². The maximum Gasteiger partial charge on any atom is 0.225 e. The molecule has 0 spiro atoms. The zero-order valence-corrected chi connectivity index (χ0v) is 14.6. The molecule has 1 aliphatic rings. The lowest BCUT2D eigenvalue weighted by molar-refractivity contribution is 0.0331. The van der Waals surface area contributed by atoms with Gasteiger partial charge >= 0.3 is 0 Å². The second kappa shape index (κ2) is 7.18. The summed E-state index contributed by atoms with van der Waals surface area (Å²) in [6.07, 6.45) is -0.236. The molecule has 24 heavy (non-hydrogen) atoms. The Balaban J connectivity index is 1.73. The molecule has 0 N–H and O–H groups in total. The van der Waals surface area contributed by atoms with E-state index in [-0.39, 0.29) is 6.10 Å². The fraction of sp³-hybridized carbons (Fsp3) is 0.667. The van der Waals surface area contributed by atoms with E-state index < -0.39 is 0 Å². The second-order valence-electron chi connectivity index (χ2n) is 5.86. The van der Waals surface area contributed by atoms with Gasteiger partial charge in [-0.25, -0.2) is 9.97 Å². The zero-order chi connectivity index (χ0) is 17.1. The molecule has 1 fully saturated rings. The first-order chi connectivity index (χ1) is 11.6. The minimum atomic E-state index is -0.236. The summed E-state index contributed by atoms with van der Waals surface area (Å²) in [5.74, 6) is 1.31. The van der Waals surface area contributed by atoms with Gasteiger partial charge in [0.25, 0.3) is 0 Å². The van der Waals surface area contributed by atoms with Crippen molar-refractivity contribution in [2.45, 2.75) is 33.4 Å². The SMILES string of the molecule is COCCn1nnc(C2CN(c3nc(C)c(C)c(C)n3)CCO2)n1. The van der Waals surface area contributed by atoms with E-state index in [2.05, 4.69) is 30.3 Å². The molecule has 1 saturated heterocycles. The van der Waals surface area contributed by atoms with E-state index >= 15 is 0 Å². The molecule has 0 radical (unpaired) electrons. The van der Waals surface area contributed by atoms with Crippen LogP contribution in [0.2, 0.25) is 0 Å². The van der Waals surface area contributed by atoms with Crippen molar-refractivity contribution in [3.05, 3.63) is 22.8 Å². The Morgan fingerprint density at radius 2 is 1.96 bits per heavy atom. The van der Waals surface area contributed by atoms with Crippen molar-refractivity contribution in [1.29, 1.82) is 0 Å². The lowest BCUT2D eigenvalue weighted by Crippen LogP contribution is -2.40. The number of hydrogen-bond donors (Lipinski definition) is 0. The molecule has 9 nitrogen and oxygen atoms in total.